The molecule has 0 saturated heterocycles. The molecular weight excluding hydrogens is 474 g/mol. The Labute approximate surface area is 144 Å². The summed E-state index contributed by atoms with van der Waals surface area (Å²) in [6.07, 6.45) is 0. The molecule has 1 aliphatic carbocycles. The van der Waals surface area contributed by atoms with Crippen LogP contribution in [0.3, 0.4) is 0 Å². The molecule has 2 aromatic carbocycles. The predicted octanol–water partition coefficient (Wildman–Crippen LogP) is 4.73. The van der Waals surface area contributed by atoms with Crippen molar-refractivity contribution in [2.45, 2.75) is 0 Å². The number of nitriles is 2. The predicted molar refractivity (Wildman–Crippen MR) is 94.6 cm³/mol. The summed E-state index contributed by atoms with van der Waals surface area (Å²) in [5.41, 5.74) is 5.08. The van der Waals surface area contributed by atoms with Crippen molar-refractivity contribution in [2.75, 3.05) is 0 Å². The molecule has 2 nitrogen and oxygen atoms in total. The number of rotatable bonds is 0. The molecule has 0 fully saturated rings. The molecule has 4 heteroatoms. The van der Waals surface area contributed by atoms with Gasteiger partial charge in [-0.05, 0) is 91.7 Å². The van der Waals surface area contributed by atoms with Crippen molar-refractivity contribution in [1.29, 1.82) is 10.5 Å². The van der Waals surface area contributed by atoms with E-state index in [9.17, 15) is 10.5 Å². The van der Waals surface area contributed by atoms with Crippen LogP contribution >= 0.6 is 45.2 Å². The van der Waals surface area contributed by atoms with Gasteiger partial charge in [-0.1, -0.05) is 12.1 Å². The third-order valence-corrected chi connectivity index (χ3v) is 4.61. The molecule has 20 heavy (non-hydrogen) atoms. The number of nitrogens with zero attached hydrogens (tertiary/aromatic N) is 2. The maximum Gasteiger partial charge on any atom is 0.138 e. The fourth-order valence-corrected chi connectivity index (χ4v) is 3.45. The molecule has 0 spiro atoms. The zero-order valence-corrected chi connectivity index (χ0v) is 14.4. The van der Waals surface area contributed by atoms with Crippen LogP contribution in [-0.2, 0) is 0 Å². The van der Waals surface area contributed by atoms with E-state index in [-0.39, 0.29) is 5.57 Å². The van der Waals surface area contributed by atoms with E-state index in [1.807, 2.05) is 36.4 Å². The maximum absolute atomic E-state index is 9.24. The Balaban J connectivity index is 2.47. The summed E-state index contributed by atoms with van der Waals surface area (Å²) >= 11 is 4.49. The van der Waals surface area contributed by atoms with Gasteiger partial charge in [0.2, 0.25) is 0 Å². The summed E-state index contributed by atoms with van der Waals surface area (Å²) in [6, 6.07) is 16.3. The van der Waals surface area contributed by atoms with Crippen LogP contribution in [0.2, 0.25) is 0 Å². The van der Waals surface area contributed by atoms with Crippen LogP contribution in [0.4, 0.5) is 0 Å². The van der Waals surface area contributed by atoms with Gasteiger partial charge in [0.25, 0.3) is 0 Å². The van der Waals surface area contributed by atoms with Gasteiger partial charge >= 0.3 is 0 Å². The van der Waals surface area contributed by atoms with Crippen LogP contribution in [0.5, 0.6) is 0 Å². The van der Waals surface area contributed by atoms with Crippen molar-refractivity contribution < 1.29 is 0 Å². The number of hydrogen-bond donors (Lipinski definition) is 0. The zero-order chi connectivity index (χ0) is 14.3. The number of fused-ring (bicyclic) bond motifs is 3. The summed E-state index contributed by atoms with van der Waals surface area (Å²) in [4.78, 5) is 0. The molecule has 0 amide bonds. The SMILES string of the molecule is N#CC(C#N)=C1c2cc(I)ccc2-c2ccc(I)cc21. The molecule has 0 radical (unpaired) electrons. The van der Waals surface area contributed by atoms with Crippen LogP contribution in [0.25, 0.3) is 16.7 Å². The summed E-state index contributed by atoms with van der Waals surface area (Å²) in [7, 11) is 0. The fraction of sp³-hybridized carbons (Fsp3) is 0. The Kier molecular flexibility index (Phi) is 3.53. The van der Waals surface area contributed by atoms with Crippen LogP contribution in [0.15, 0.2) is 42.0 Å². The van der Waals surface area contributed by atoms with Crippen molar-refractivity contribution in [3.63, 3.8) is 0 Å². The van der Waals surface area contributed by atoms with Gasteiger partial charge < -0.3 is 0 Å². The topological polar surface area (TPSA) is 47.6 Å². The van der Waals surface area contributed by atoms with Gasteiger partial charge in [0.05, 0.1) is 0 Å². The van der Waals surface area contributed by atoms with Gasteiger partial charge in [-0.15, -0.1) is 0 Å². The molecule has 0 aliphatic heterocycles. The van der Waals surface area contributed by atoms with Crippen molar-refractivity contribution in [3.8, 4) is 23.3 Å². The molecule has 0 atom stereocenters. The van der Waals surface area contributed by atoms with Gasteiger partial charge in [0.1, 0.15) is 17.7 Å². The average molecular weight is 480 g/mol. The fourth-order valence-electron chi connectivity index (χ4n) is 2.47. The van der Waals surface area contributed by atoms with E-state index >= 15 is 0 Å². The Hall–Kier alpha value is -1.38. The van der Waals surface area contributed by atoms with Gasteiger partial charge in [0, 0.05) is 12.7 Å². The van der Waals surface area contributed by atoms with Crippen molar-refractivity contribution >= 4 is 50.8 Å². The number of hydrogen-bond acceptors (Lipinski definition) is 2. The molecule has 94 valence electrons. The first-order valence-electron chi connectivity index (χ1n) is 5.80. The molecular formula is C16H6I2N2. The molecule has 0 bridgehead atoms. The quantitative estimate of drug-likeness (QED) is 0.346. The van der Waals surface area contributed by atoms with Crippen LogP contribution in [0, 0.1) is 29.8 Å². The van der Waals surface area contributed by atoms with Gasteiger partial charge in [-0.2, -0.15) is 10.5 Å². The normalized spacial score (nSPS) is 11.3. The van der Waals surface area contributed by atoms with E-state index in [4.69, 9.17) is 0 Å². The molecule has 1 aliphatic rings. The zero-order valence-electron chi connectivity index (χ0n) is 10.1. The van der Waals surface area contributed by atoms with E-state index in [2.05, 4.69) is 57.3 Å². The molecule has 3 rings (SSSR count). The summed E-state index contributed by atoms with van der Waals surface area (Å²) in [5, 5.41) is 18.5. The third-order valence-electron chi connectivity index (χ3n) is 3.27. The van der Waals surface area contributed by atoms with E-state index in [1.54, 1.807) is 0 Å². The lowest BCUT2D eigenvalue weighted by molar-refractivity contribution is 1.46. The van der Waals surface area contributed by atoms with Crippen molar-refractivity contribution in [2.24, 2.45) is 0 Å². The lowest BCUT2D eigenvalue weighted by Crippen LogP contribution is -1.88. The highest BCUT2D eigenvalue weighted by atomic mass is 127. The lowest BCUT2D eigenvalue weighted by Gasteiger charge is -2.03. The van der Waals surface area contributed by atoms with Crippen LogP contribution in [-0.4, -0.2) is 0 Å². The van der Waals surface area contributed by atoms with Crippen molar-refractivity contribution in [1.82, 2.24) is 0 Å². The summed E-state index contributed by atoms with van der Waals surface area (Å²) in [6.45, 7) is 0. The van der Waals surface area contributed by atoms with E-state index < -0.39 is 0 Å². The minimum absolute atomic E-state index is 0.175. The van der Waals surface area contributed by atoms with Gasteiger partial charge in [-0.3, -0.25) is 0 Å². The van der Waals surface area contributed by atoms with E-state index in [1.165, 1.54) is 0 Å². The largest absolute Gasteiger partial charge is 0.192 e. The second-order valence-corrected chi connectivity index (χ2v) is 6.84. The number of halogens is 2. The lowest BCUT2D eigenvalue weighted by atomic mass is 9.99. The third kappa shape index (κ3) is 2.04. The maximum atomic E-state index is 9.24. The summed E-state index contributed by atoms with van der Waals surface area (Å²) < 4.78 is 2.19. The molecule has 0 unspecified atom stereocenters. The van der Waals surface area contributed by atoms with Gasteiger partial charge in [0.15, 0.2) is 0 Å². The van der Waals surface area contributed by atoms with Crippen molar-refractivity contribution in [3.05, 3.63) is 60.2 Å². The Morgan fingerprint density at radius 2 is 1.20 bits per heavy atom. The standard InChI is InChI=1S/C16H6I2N2/c17-10-1-3-12-13-4-2-11(18)6-15(13)16(14(12)5-10)9(7-19)8-20/h1-6H. The minimum atomic E-state index is 0.175. The van der Waals surface area contributed by atoms with Crippen LogP contribution < -0.4 is 0 Å². The highest BCUT2D eigenvalue weighted by Gasteiger charge is 2.26. The number of allylic oxidation sites excluding steroid dienone is 1. The Morgan fingerprint density at radius 1 is 0.750 bits per heavy atom. The Bertz CT molecular complexity index is 782. The first-order chi connectivity index (χ1) is 9.65. The first-order valence-corrected chi connectivity index (χ1v) is 7.96. The first kappa shape index (κ1) is 13.6. The minimum Gasteiger partial charge on any atom is -0.192 e. The highest BCUT2D eigenvalue weighted by Crippen LogP contribution is 2.46. The molecule has 0 saturated carbocycles. The summed E-state index contributed by atoms with van der Waals surface area (Å²) in [5.74, 6) is 0. The second-order valence-electron chi connectivity index (χ2n) is 4.35. The van der Waals surface area contributed by atoms with Crippen LogP contribution in [0.1, 0.15) is 11.1 Å². The smallest absolute Gasteiger partial charge is 0.138 e. The second kappa shape index (κ2) is 5.19. The van der Waals surface area contributed by atoms with E-state index in [0.29, 0.717) is 0 Å². The monoisotopic (exact) mass is 480 g/mol. The number of benzene rings is 2. The molecule has 2 aromatic rings. The average Bonchev–Trinajstić information content (AvgIpc) is 2.74. The Morgan fingerprint density at radius 3 is 1.60 bits per heavy atom. The van der Waals surface area contributed by atoms with Gasteiger partial charge in [-0.25, -0.2) is 0 Å². The van der Waals surface area contributed by atoms with E-state index in [0.717, 1.165) is 35.0 Å². The highest BCUT2D eigenvalue weighted by molar-refractivity contribution is 14.1. The molecule has 0 aromatic heterocycles. The molecule has 0 N–H and O–H groups in total. The molecule has 0 heterocycles.